The van der Waals surface area contributed by atoms with Gasteiger partial charge >= 0.3 is 0 Å². The van der Waals surface area contributed by atoms with Crippen LogP contribution in [0.4, 0.5) is 0 Å². The van der Waals surface area contributed by atoms with Crippen molar-refractivity contribution in [2.24, 2.45) is 0 Å². The zero-order valence-corrected chi connectivity index (χ0v) is 11.0. The van der Waals surface area contributed by atoms with Gasteiger partial charge in [-0.2, -0.15) is 11.8 Å². The zero-order chi connectivity index (χ0) is 11.1. The molecule has 0 aromatic rings. The van der Waals surface area contributed by atoms with Crippen molar-refractivity contribution in [1.82, 2.24) is 5.32 Å². The molecule has 0 unspecified atom stereocenters. The lowest BCUT2D eigenvalue weighted by atomic mass is 10.4. The van der Waals surface area contributed by atoms with E-state index in [0.29, 0.717) is 6.54 Å². The average Bonchev–Trinajstić information content (AvgIpc) is 2.61. The third-order valence-corrected chi connectivity index (χ3v) is 4.91. The van der Waals surface area contributed by atoms with Gasteiger partial charge in [-0.15, -0.1) is 0 Å². The van der Waals surface area contributed by atoms with Gasteiger partial charge in [0, 0.05) is 30.3 Å². The normalized spacial score (nSPS) is 18.5. The molecule has 0 heterocycles. The van der Waals surface area contributed by atoms with E-state index in [0.717, 1.165) is 17.5 Å². The Kier molecular flexibility index (Phi) is 6.00. The number of hydrogen-bond donors (Lipinski definition) is 1. The van der Waals surface area contributed by atoms with Gasteiger partial charge in [0.15, 0.2) is 0 Å². The summed E-state index contributed by atoms with van der Waals surface area (Å²) in [6.07, 6.45) is 6.79. The zero-order valence-electron chi connectivity index (χ0n) is 9.37. The first kappa shape index (κ1) is 13.3. The van der Waals surface area contributed by atoms with Crippen LogP contribution in [0.3, 0.4) is 0 Å². The van der Waals surface area contributed by atoms with Crippen LogP contribution in [0.5, 0.6) is 0 Å². The largest absolute Gasteiger partial charge is 0.315 e. The van der Waals surface area contributed by atoms with Crippen LogP contribution in [-0.4, -0.2) is 44.5 Å². The summed E-state index contributed by atoms with van der Waals surface area (Å²) in [6, 6.07) is 0. The molecule has 0 aliphatic heterocycles. The van der Waals surface area contributed by atoms with Crippen LogP contribution >= 0.6 is 11.8 Å². The summed E-state index contributed by atoms with van der Waals surface area (Å²) < 4.78 is 21.7. The minimum atomic E-state index is -2.80. The Morgan fingerprint density at radius 1 is 1.27 bits per heavy atom. The molecule has 0 saturated heterocycles. The predicted molar refractivity (Wildman–Crippen MR) is 67.3 cm³/mol. The van der Waals surface area contributed by atoms with Gasteiger partial charge in [-0.1, -0.05) is 12.8 Å². The van der Waals surface area contributed by atoms with E-state index in [-0.39, 0.29) is 5.75 Å². The van der Waals surface area contributed by atoms with Gasteiger partial charge in [-0.05, 0) is 12.8 Å². The monoisotopic (exact) mass is 251 g/mol. The molecule has 0 spiro atoms. The Balaban J connectivity index is 1.89. The van der Waals surface area contributed by atoms with Crippen molar-refractivity contribution in [2.45, 2.75) is 30.9 Å². The quantitative estimate of drug-likeness (QED) is 0.693. The van der Waals surface area contributed by atoms with E-state index in [2.05, 4.69) is 5.32 Å². The first-order chi connectivity index (χ1) is 7.08. The third-order valence-electron chi connectivity index (χ3n) is 2.58. The van der Waals surface area contributed by atoms with Crippen LogP contribution < -0.4 is 5.32 Å². The van der Waals surface area contributed by atoms with E-state index >= 15 is 0 Å². The summed E-state index contributed by atoms with van der Waals surface area (Å²) >= 11 is 2.03. The molecule has 0 aromatic carbocycles. The lowest BCUT2D eigenvalue weighted by Crippen LogP contribution is -2.24. The first-order valence-electron chi connectivity index (χ1n) is 5.58. The van der Waals surface area contributed by atoms with Crippen molar-refractivity contribution in [3.8, 4) is 0 Å². The molecule has 1 fully saturated rings. The second-order valence-electron chi connectivity index (χ2n) is 4.16. The van der Waals surface area contributed by atoms with E-state index in [1.807, 2.05) is 11.8 Å². The van der Waals surface area contributed by atoms with Crippen LogP contribution in [0.15, 0.2) is 0 Å². The maximum atomic E-state index is 10.8. The van der Waals surface area contributed by atoms with Crippen molar-refractivity contribution in [3.63, 3.8) is 0 Å². The van der Waals surface area contributed by atoms with Crippen molar-refractivity contribution in [3.05, 3.63) is 0 Å². The lowest BCUT2D eigenvalue weighted by Gasteiger charge is -2.08. The van der Waals surface area contributed by atoms with Gasteiger partial charge in [0.05, 0.1) is 5.75 Å². The number of hydrogen-bond acceptors (Lipinski definition) is 4. The van der Waals surface area contributed by atoms with Crippen molar-refractivity contribution in [2.75, 3.05) is 30.9 Å². The number of sulfone groups is 1. The summed E-state index contributed by atoms with van der Waals surface area (Å²) in [5, 5.41) is 4.03. The molecule has 90 valence electrons. The van der Waals surface area contributed by atoms with Crippen molar-refractivity contribution >= 4 is 21.6 Å². The lowest BCUT2D eigenvalue weighted by molar-refractivity contribution is 0.598. The molecule has 1 saturated carbocycles. The molecule has 1 N–H and O–H groups in total. The van der Waals surface area contributed by atoms with Gasteiger partial charge in [-0.3, -0.25) is 0 Å². The van der Waals surface area contributed by atoms with Gasteiger partial charge in [0.2, 0.25) is 0 Å². The predicted octanol–water partition coefficient (Wildman–Crippen LogP) is 1.30. The fourth-order valence-electron chi connectivity index (χ4n) is 1.74. The van der Waals surface area contributed by atoms with E-state index in [9.17, 15) is 8.42 Å². The van der Waals surface area contributed by atoms with Crippen molar-refractivity contribution < 1.29 is 8.42 Å². The fourth-order valence-corrected chi connectivity index (χ4v) is 3.51. The smallest absolute Gasteiger partial charge is 0.148 e. The van der Waals surface area contributed by atoms with Gasteiger partial charge in [0.25, 0.3) is 0 Å². The summed E-state index contributed by atoms with van der Waals surface area (Å²) in [4.78, 5) is 0. The summed E-state index contributed by atoms with van der Waals surface area (Å²) in [5.41, 5.74) is 0. The topological polar surface area (TPSA) is 46.2 Å². The van der Waals surface area contributed by atoms with Gasteiger partial charge in [0.1, 0.15) is 9.84 Å². The maximum Gasteiger partial charge on any atom is 0.148 e. The van der Waals surface area contributed by atoms with Crippen LogP contribution in [0, 0.1) is 0 Å². The average molecular weight is 251 g/mol. The Hall–Kier alpha value is 0.260. The SMILES string of the molecule is CS(=O)(=O)CCNCCSC1CCCC1. The molecule has 0 bridgehead atoms. The Bertz CT molecular complexity index is 259. The Morgan fingerprint density at radius 3 is 2.53 bits per heavy atom. The molecule has 0 amide bonds. The molecule has 15 heavy (non-hydrogen) atoms. The highest BCUT2D eigenvalue weighted by molar-refractivity contribution is 7.99. The van der Waals surface area contributed by atoms with Crippen LogP contribution in [-0.2, 0) is 9.84 Å². The second kappa shape index (κ2) is 6.76. The van der Waals surface area contributed by atoms with Crippen LogP contribution in [0.25, 0.3) is 0 Å². The standard InChI is InChI=1S/C10H21NO2S2/c1-15(12,13)9-7-11-6-8-14-10-4-2-3-5-10/h10-11H,2-9H2,1H3. The molecule has 1 aliphatic rings. The Labute approximate surface area is 97.3 Å². The van der Waals surface area contributed by atoms with Gasteiger partial charge in [-0.25, -0.2) is 8.42 Å². The minimum absolute atomic E-state index is 0.251. The molecule has 3 nitrogen and oxygen atoms in total. The van der Waals surface area contributed by atoms with Crippen molar-refractivity contribution in [1.29, 1.82) is 0 Å². The molecule has 0 atom stereocenters. The van der Waals surface area contributed by atoms with E-state index in [1.54, 1.807) is 0 Å². The molecule has 0 radical (unpaired) electrons. The maximum absolute atomic E-state index is 10.8. The fraction of sp³-hybridized carbons (Fsp3) is 1.00. The van der Waals surface area contributed by atoms with Crippen LogP contribution in [0.1, 0.15) is 25.7 Å². The summed E-state index contributed by atoms with van der Waals surface area (Å²) in [6.45, 7) is 1.51. The highest BCUT2D eigenvalue weighted by Crippen LogP contribution is 2.28. The molecule has 0 aromatic heterocycles. The summed E-state index contributed by atoms with van der Waals surface area (Å²) in [7, 11) is -2.80. The van der Waals surface area contributed by atoms with Gasteiger partial charge < -0.3 is 5.32 Å². The molecule has 5 heteroatoms. The van der Waals surface area contributed by atoms with E-state index in [1.165, 1.54) is 31.9 Å². The second-order valence-corrected chi connectivity index (χ2v) is 7.83. The van der Waals surface area contributed by atoms with E-state index < -0.39 is 9.84 Å². The number of nitrogens with one attached hydrogen (secondary N) is 1. The molecule has 1 aliphatic carbocycles. The number of thioether (sulfide) groups is 1. The Morgan fingerprint density at radius 2 is 1.93 bits per heavy atom. The number of rotatable bonds is 7. The molecule has 1 rings (SSSR count). The third kappa shape index (κ3) is 7.19. The van der Waals surface area contributed by atoms with Crippen LogP contribution in [0.2, 0.25) is 0 Å². The minimum Gasteiger partial charge on any atom is -0.315 e. The molecular weight excluding hydrogens is 230 g/mol. The van der Waals surface area contributed by atoms with E-state index in [4.69, 9.17) is 0 Å². The molecular formula is C10H21NO2S2. The highest BCUT2D eigenvalue weighted by Gasteiger charge is 2.14. The first-order valence-corrected chi connectivity index (χ1v) is 8.69. The summed E-state index contributed by atoms with van der Waals surface area (Å²) in [5.74, 6) is 1.36. The highest BCUT2D eigenvalue weighted by atomic mass is 32.2.